The Balaban J connectivity index is 1.84. The molecule has 1 atom stereocenters. The Labute approximate surface area is 232 Å². The molecule has 196 valence electrons. The van der Waals surface area contributed by atoms with Gasteiger partial charge in [0.25, 0.3) is 5.56 Å². The first-order chi connectivity index (χ1) is 18.4. The highest BCUT2D eigenvalue weighted by Gasteiger charge is 2.31. The molecule has 2 aromatic carbocycles. The van der Waals surface area contributed by atoms with Gasteiger partial charge in [0, 0.05) is 6.20 Å². The summed E-state index contributed by atoms with van der Waals surface area (Å²) >= 11 is 4.71. The third-order valence-electron chi connectivity index (χ3n) is 5.57. The maximum Gasteiger partial charge on any atom is 0.337 e. The summed E-state index contributed by atoms with van der Waals surface area (Å²) in [5.41, 5.74) is 1.38. The van der Waals surface area contributed by atoms with Crippen LogP contribution in [0, 0.1) is 12.3 Å². The second kappa shape index (κ2) is 12.2. The van der Waals surface area contributed by atoms with Crippen molar-refractivity contribution in [3.05, 3.63) is 83.5 Å². The highest BCUT2D eigenvalue weighted by atomic mass is 79.9. The lowest BCUT2D eigenvalue weighted by molar-refractivity contribution is -0.136. The van der Waals surface area contributed by atoms with Gasteiger partial charge in [0.1, 0.15) is 12.4 Å². The molecule has 0 radical (unpaired) electrons. The molecule has 0 N–H and O–H groups in total. The Morgan fingerprint density at radius 2 is 1.87 bits per heavy atom. The van der Waals surface area contributed by atoms with E-state index in [0.717, 1.165) is 5.56 Å². The van der Waals surface area contributed by atoms with Crippen molar-refractivity contribution in [3.63, 3.8) is 0 Å². The van der Waals surface area contributed by atoms with Crippen LogP contribution in [0.2, 0.25) is 0 Å². The Morgan fingerprint density at radius 1 is 1.13 bits per heavy atom. The molecule has 2 heterocycles. The number of carbonyl (C=O) groups excluding carboxylic acids is 1. The smallest absolute Gasteiger partial charge is 0.337 e. The van der Waals surface area contributed by atoms with Crippen LogP contribution >= 0.6 is 27.3 Å². The van der Waals surface area contributed by atoms with Gasteiger partial charge in [0.05, 0.1) is 40.9 Å². The number of aromatic nitrogens is 1. The molecule has 1 aromatic heterocycles. The third kappa shape index (κ3) is 5.54. The highest BCUT2D eigenvalue weighted by Crippen LogP contribution is 2.35. The summed E-state index contributed by atoms with van der Waals surface area (Å²) in [5.74, 6) is 3.55. The fraction of sp³-hybridized carbons (Fsp3) is 0.250. The summed E-state index contributed by atoms with van der Waals surface area (Å²) < 4.78 is 24.7. The van der Waals surface area contributed by atoms with E-state index in [1.165, 1.54) is 29.2 Å². The Hall–Kier alpha value is -3.81. The standard InChI is InChI=1S/C28H25BrN2O6S/c1-5-12-37-21-10-8-17(13-20(21)29)14-24-26(32)31-25(19(27(33)34-4)16-30-28(31)38-24)18-9-11-22(35-6-2)23(15-18)36-7-3/h1,8-11,13-16,25H,6-7,12H2,2-4H3/b24-14-/t25-/m0/s1. The molecule has 0 bridgehead atoms. The lowest BCUT2D eigenvalue weighted by atomic mass is 9.97. The first kappa shape index (κ1) is 27.2. The van der Waals surface area contributed by atoms with Crippen molar-refractivity contribution >= 4 is 39.3 Å². The van der Waals surface area contributed by atoms with Crippen molar-refractivity contribution in [3.8, 4) is 29.6 Å². The van der Waals surface area contributed by atoms with Gasteiger partial charge in [-0.25, -0.2) is 9.79 Å². The van der Waals surface area contributed by atoms with E-state index in [0.29, 0.717) is 49.8 Å². The molecule has 0 fully saturated rings. The Bertz CT molecular complexity index is 1620. The average Bonchev–Trinajstić information content (AvgIpc) is 3.23. The summed E-state index contributed by atoms with van der Waals surface area (Å²) in [4.78, 5) is 31.3. The predicted molar refractivity (Wildman–Crippen MR) is 148 cm³/mol. The molecule has 0 amide bonds. The summed E-state index contributed by atoms with van der Waals surface area (Å²) in [6.07, 6.45) is 8.49. The van der Waals surface area contributed by atoms with Gasteiger partial charge in [0.2, 0.25) is 0 Å². The number of fused-ring (bicyclic) bond motifs is 1. The van der Waals surface area contributed by atoms with Gasteiger partial charge in [-0.2, -0.15) is 0 Å². The number of esters is 1. The number of carbonyl (C=O) groups is 1. The van der Waals surface area contributed by atoms with E-state index in [1.54, 1.807) is 24.3 Å². The average molecular weight is 597 g/mol. The first-order valence-electron chi connectivity index (χ1n) is 11.8. The number of ether oxygens (including phenoxy) is 4. The molecule has 0 spiro atoms. The van der Waals surface area contributed by atoms with E-state index in [1.807, 2.05) is 32.0 Å². The number of nitrogens with zero attached hydrogens (tertiary/aromatic N) is 2. The largest absolute Gasteiger partial charge is 0.490 e. The SMILES string of the molecule is C#CCOc1ccc(/C=c2\sc3n(c2=O)[C@@H](c2ccc(OCC)c(OCC)c2)C(C(=O)OC)=CN=3)cc1Br. The maximum absolute atomic E-state index is 13.7. The minimum atomic E-state index is -0.762. The van der Waals surface area contributed by atoms with E-state index in [2.05, 4.69) is 26.8 Å². The third-order valence-corrected chi connectivity index (χ3v) is 7.19. The summed E-state index contributed by atoms with van der Waals surface area (Å²) in [6, 6.07) is 10.0. The Kier molecular flexibility index (Phi) is 8.71. The molecular weight excluding hydrogens is 572 g/mol. The van der Waals surface area contributed by atoms with E-state index >= 15 is 0 Å². The zero-order valence-electron chi connectivity index (χ0n) is 21.0. The van der Waals surface area contributed by atoms with Crippen LogP contribution in [0.15, 0.2) is 62.4 Å². The van der Waals surface area contributed by atoms with Crippen LogP contribution in [0.3, 0.4) is 0 Å². The zero-order chi connectivity index (χ0) is 27.2. The van der Waals surface area contributed by atoms with Crippen molar-refractivity contribution in [2.75, 3.05) is 26.9 Å². The number of terminal acetylenes is 1. The van der Waals surface area contributed by atoms with Gasteiger partial charge < -0.3 is 18.9 Å². The van der Waals surface area contributed by atoms with Crippen molar-refractivity contribution < 1.29 is 23.7 Å². The molecule has 3 aromatic rings. The minimum Gasteiger partial charge on any atom is -0.490 e. The van der Waals surface area contributed by atoms with E-state index in [4.69, 9.17) is 25.4 Å². The molecule has 8 nitrogen and oxygen atoms in total. The zero-order valence-corrected chi connectivity index (χ0v) is 23.4. The summed E-state index contributed by atoms with van der Waals surface area (Å²) in [7, 11) is 1.30. The molecule has 0 unspecified atom stereocenters. The molecule has 0 saturated carbocycles. The molecule has 0 aliphatic carbocycles. The van der Waals surface area contributed by atoms with Crippen LogP contribution in [0.1, 0.15) is 31.0 Å². The van der Waals surface area contributed by atoms with Gasteiger partial charge in [-0.05, 0) is 71.2 Å². The predicted octanol–water partition coefficient (Wildman–Crippen LogP) is 3.59. The summed E-state index contributed by atoms with van der Waals surface area (Å²) in [5, 5.41) is 0. The van der Waals surface area contributed by atoms with Gasteiger partial charge >= 0.3 is 5.97 Å². The monoisotopic (exact) mass is 596 g/mol. The van der Waals surface area contributed by atoms with Gasteiger partial charge in [0.15, 0.2) is 16.3 Å². The molecule has 0 saturated heterocycles. The quantitative estimate of drug-likeness (QED) is 0.277. The molecule has 4 rings (SSSR count). The number of rotatable bonds is 9. The maximum atomic E-state index is 13.7. The Morgan fingerprint density at radius 3 is 2.55 bits per heavy atom. The molecular formula is C28H25BrN2O6S. The lowest BCUT2D eigenvalue weighted by Crippen LogP contribution is -2.39. The fourth-order valence-electron chi connectivity index (χ4n) is 3.98. The van der Waals surface area contributed by atoms with E-state index < -0.39 is 12.0 Å². The number of benzene rings is 2. The summed E-state index contributed by atoms with van der Waals surface area (Å²) in [6.45, 7) is 4.80. The van der Waals surface area contributed by atoms with Crippen molar-refractivity contribution in [2.24, 2.45) is 4.99 Å². The lowest BCUT2D eigenvalue weighted by Gasteiger charge is -2.23. The fourth-order valence-corrected chi connectivity index (χ4v) is 5.46. The molecule has 10 heteroatoms. The highest BCUT2D eigenvalue weighted by molar-refractivity contribution is 9.10. The van der Waals surface area contributed by atoms with E-state index in [-0.39, 0.29) is 17.7 Å². The van der Waals surface area contributed by atoms with Gasteiger partial charge in [-0.1, -0.05) is 29.4 Å². The van der Waals surface area contributed by atoms with Crippen molar-refractivity contribution in [1.29, 1.82) is 0 Å². The molecule has 38 heavy (non-hydrogen) atoms. The number of halogens is 1. The van der Waals surface area contributed by atoms with Gasteiger partial charge in [-0.3, -0.25) is 9.36 Å². The second-order valence-electron chi connectivity index (χ2n) is 7.93. The van der Waals surface area contributed by atoms with Crippen LogP contribution in [0.25, 0.3) is 6.08 Å². The van der Waals surface area contributed by atoms with Crippen LogP contribution in [0.5, 0.6) is 17.2 Å². The number of hydrogen-bond acceptors (Lipinski definition) is 8. The van der Waals surface area contributed by atoms with E-state index in [9.17, 15) is 9.59 Å². The van der Waals surface area contributed by atoms with Crippen molar-refractivity contribution in [2.45, 2.75) is 19.9 Å². The number of hydrogen-bond donors (Lipinski definition) is 0. The van der Waals surface area contributed by atoms with Crippen LogP contribution in [-0.4, -0.2) is 37.5 Å². The van der Waals surface area contributed by atoms with Crippen molar-refractivity contribution in [1.82, 2.24) is 4.57 Å². The van der Waals surface area contributed by atoms with Crippen LogP contribution in [0.4, 0.5) is 0 Å². The van der Waals surface area contributed by atoms with Crippen LogP contribution < -0.4 is 29.1 Å². The van der Waals surface area contributed by atoms with Crippen LogP contribution in [-0.2, 0) is 9.53 Å². The molecule has 1 aliphatic rings. The normalized spacial score (nSPS) is 14.6. The second-order valence-corrected chi connectivity index (χ2v) is 9.79. The number of methoxy groups -OCH3 is 1. The first-order valence-corrected chi connectivity index (χ1v) is 13.4. The number of thiazole rings is 1. The van der Waals surface area contributed by atoms with Gasteiger partial charge in [-0.15, -0.1) is 6.42 Å². The molecule has 1 aliphatic heterocycles. The minimum absolute atomic E-state index is 0.148. The topological polar surface area (TPSA) is 88.3 Å².